The Balaban J connectivity index is 1.48. The number of nitrogens with one attached hydrogen (secondary N) is 2. The molecule has 0 heterocycles. The number of aliphatic hydroxyl groups is 1. The topological polar surface area (TPSA) is 95.5 Å². The van der Waals surface area contributed by atoms with Crippen LogP contribution in [0.1, 0.15) is 46.2 Å². The van der Waals surface area contributed by atoms with Crippen LogP contribution in [0.5, 0.6) is 0 Å². The molecular weight excluding hydrogens is 526 g/mol. The Kier molecular flexibility index (Phi) is 6.82. The summed E-state index contributed by atoms with van der Waals surface area (Å²) >= 11 is 0. The zero-order chi connectivity index (χ0) is 27.2. The number of alkyl halides is 6. The molecule has 2 aliphatic carbocycles. The number of anilines is 1. The van der Waals surface area contributed by atoms with E-state index in [1.54, 1.807) is 0 Å². The monoisotopic (exact) mass is 548 g/mol. The summed E-state index contributed by atoms with van der Waals surface area (Å²) < 4.78 is 105. The molecule has 2 aromatic carbocycles. The maximum Gasteiger partial charge on any atom is 0.430 e. The van der Waals surface area contributed by atoms with Crippen molar-refractivity contribution in [2.24, 2.45) is 0 Å². The highest BCUT2D eigenvalue weighted by atomic mass is 32.2. The Morgan fingerprint density at radius 2 is 1.38 bits per heavy atom. The van der Waals surface area contributed by atoms with Gasteiger partial charge in [-0.05, 0) is 72.4 Å². The molecule has 2 aliphatic rings. The second-order valence-electron chi connectivity index (χ2n) is 8.97. The molecule has 0 saturated heterocycles. The Morgan fingerprint density at radius 1 is 0.865 bits per heavy atom. The zero-order valence-corrected chi connectivity index (χ0v) is 19.9. The molecule has 0 atom stereocenters. The van der Waals surface area contributed by atoms with Gasteiger partial charge < -0.3 is 10.4 Å². The third-order valence-corrected chi connectivity index (χ3v) is 7.50. The molecule has 0 aliphatic heterocycles. The molecule has 13 heteroatoms. The normalized spacial score (nSPS) is 16.1. The van der Waals surface area contributed by atoms with E-state index in [2.05, 4.69) is 11.4 Å². The molecule has 0 bridgehead atoms. The first-order valence-electron chi connectivity index (χ1n) is 11.3. The molecular formula is C24H22F6N2O4S. The van der Waals surface area contributed by atoms with Crippen LogP contribution in [0.25, 0.3) is 6.08 Å². The lowest BCUT2D eigenvalue weighted by Gasteiger charge is -2.32. The molecule has 0 saturated carbocycles. The summed E-state index contributed by atoms with van der Waals surface area (Å²) in [4.78, 5) is 12.5. The molecule has 2 amide bonds. The fourth-order valence-electron chi connectivity index (χ4n) is 4.76. The summed E-state index contributed by atoms with van der Waals surface area (Å²) in [7, 11) is -4.36. The highest BCUT2D eigenvalue weighted by Gasteiger charge is 2.71. The Bertz CT molecular complexity index is 1300. The van der Waals surface area contributed by atoms with Crippen LogP contribution in [0.15, 0.2) is 35.7 Å². The second-order valence-corrected chi connectivity index (χ2v) is 10.5. The average molecular weight is 549 g/mol. The summed E-state index contributed by atoms with van der Waals surface area (Å²) in [6, 6.07) is 3.49. The third-order valence-electron chi connectivity index (χ3n) is 6.54. The van der Waals surface area contributed by atoms with E-state index in [1.807, 2.05) is 4.72 Å². The van der Waals surface area contributed by atoms with Gasteiger partial charge >= 0.3 is 18.4 Å². The molecule has 0 fully saturated rings. The number of hydrogen-bond donors (Lipinski definition) is 3. The Hall–Kier alpha value is -3.06. The van der Waals surface area contributed by atoms with E-state index >= 15 is 0 Å². The second kappa shape index (κ2) is 9.35. The molecule has 3 N–H and O–H groups in total. The quantitative estimate of drug-likeness (QED) is 0.454. The van der Waals surface area contributed by atoms with Gasteiger partial charge in [-0.25, -0.2) is 17.9 Å². The van der Waals surface area contributed by atoms with E-state index in [0.717, 1.165) is 79.0 Å². The summed E-state index contributed by atoms with van der Waals surface area (Å²) in [5.74, 6) is 0. The van der Waals surface area contributed by atoms with Crippen LogP contribution in [0, 0.1) is 0 Å². The minimum Gasteiger partial charge on any atom is -0.369 e. The van der Waals surface area contributed by atoms with Crippen molar-refractivity contribution in [3.63, 3.8) is 0 Å². The van der Waals surface area contributed by atoms with Crippen molar-refractivity contribution in [1.82, 2.24) is 4.72 Å². The smallest absolute Gasteiger partial charge is 0.369 e. The van der Waals surface area contributed by atoms with Crippen LogP contribution in [-0.4, -0.2) is 31.9 Å². The number of amides is 2. The van der Waals surface area contributed by atoms with Gasteiger partial charge in [-0.1, -0.05) is 30.3 Å². The summed E-state index contributed by atoms with van der Waals surface area (Å²) in [6.45, 7) is 0. The van der Waals surface area contributed by atoms with Gasteiger partial charge in [0.2, 0.25) is 0 Å². The zero-order valence-electron chi connectivity index (χ0n) is 19.1. The van der Waals surface area contributed by atoms with Crippen LogP contribution in [-0.2, 0) is 41.3 Å². The fraction of sp³-hybridized carbons (Fsp3) is 0.375. The Labute approximate surface area is 208 Å². The van der Waals surface area contributed by atoms with Gasteiger partial charge in [-0.3, -0.25) is 0 Å². The maximum atomic E-state index is 13.0. The predicted octanol–water partition coefficient (Wildman–Crippen LogP) is 5.10. The van der Waals surface area contributed by atoms with Crippen molar-refractivity contribution < 1.29 is 44.7 Å². The van der Waals surface area contributed by atoms with Crippen LogP contribution in [0.4, 0.5) is 36.8 Å². The molecule has 0 spiro atoms. The third kappa shape index (κ3) is 5.19. The first kappa shape index (κ1) is 27.0. The van der Waals surface area contributed by atoms with Gasteiger partial charge in [0.15, 0.2) is 0 Å². The van der Waals surface area contributed by atoms with Crippen molar-refractivity contribution in [2.45, 2.75) is 56.5 Å². The molecule has 0 radical (unpaired) electrons. The van der Waals surface area contributed by atoms with Crippen molar-refractivity contribution in [3.8, 4) is 0 Å². The molecule has 0 unspecified atom stereocenters. The Morgan fingerprint density at radius 3 is 1.86 bits per heavy atom. The fourth-order valence-corrected chi connectivity index (χ4v) is 5.47. The number of hydrogen-bond acceptors (Lipinski definition) is 4. The van der Waals surface area contributed by atoms with Crippen molar-refractivity contribution in [2.75, 3.05) is 5.32 Å². The van der Waals surface area contributed by atoms with Gasteiger partial charge in [0.25, 0.3) is 15.6 Å². The standard InChI is InChI=1S/C24H22F6N2O4S/c25-23(26,27)22(34,24(28,29)30)17-9-7-14(8-10-17)11-12-37(35,36)32-21(33)31-20-18-5-1-3-15(18)13-16-4-2-6-19(16)20/h7-13,34H,1-6H2,(H2,31,32,33)/b12-11+. The lowest BCUT2D eigenvalue weighted by atomic mass is 9.91. The summed E-state index contributed by atoms with van der Waals surface area (Å²) in [5.41, 5.74) is -1.80. The van der Waals surface area contributed by atoms with Gasteiger partial charge in [0, 0.05) is 11.3 Å². The van der Waals surface area contributed by atoms with E-state index in [9.17, 15) is 44.7 Å². The molecule has 6 nitrogen and oxygen atoms in total. The number of urea groups is 1. The summed E-state index contributed by atoms with van der Waals surface area (Å²) in [5, 5.41) is 12.6. The van der Waals surface area contributed by atoms with E-state index < -0.39 is 39.6 Å². The van der Waals surface area contributed by atoms with Crippen LogP contribution in [0.2, 0.25) is 0 Å². The first-order valence-corrected chi connectivity index (χ1v) is 12.8. The van der Waals surface area contributed by atoms with E-state index in [0.29, 0.717) is 23.2 Å². The number of fused-ring (bicyclic) bond motifs is 2. The number of benzene rings is 2. The molecule has 0 aromatic heterocycles. The van der Waals surface area contributed by atoms with Crippen molar-refractivity contribution in [1.29, 1.82) is 0 Å². The van der Waals surface area contributed by atoms with Crippen LogP contribution in [0.3, 0.4) is 0 Å². The van der Waals surface area contributed by atoms with E-state index in [1.165, 1.54) is 0 Å². The molecule has 200 valence electrons. The van der Waals surface area contributed by atoms with Crippen LogP contribution >= 0.6 is 0 Å². The lowest BCUT2D eigenvalue weighted by molar-refractivity contribution is -0.376. The molecule has 2 aromatic rings. The first-order chi connectivity index (χ1) is 17.1. The van der Waals surface area contributed by atoms with Gasteiger partial charge in [-0.2, -0.15) is 26.3 Å². The number of halogens is 6. The van der Waals surface area contributed by atoms with E-state index in [4.69, 9.17) is 0 Å². The number of sulfonamides is 1. The number of carbonyl (C=O) groups excluding carboxylic acids is 1. The highest BCUT2D eigenvalue weighted by Crippen LogP contribution is 2.50. The number of rotatable bonds is 5. The van der Waals surface area contributed by atoms with E-state index in [-0.39, 0.29) is 5.56 Å². The number of carbonyl (C=O) groups is 1. The van der Waals surface area contributed by atoms with Crippen molar-refractivity contribution in [3.05, 3.63) is 69.1 Å². The summed E-state index contributed by atoms with van der Waals surface area (Å²) in [6.07, 6.45) is -6.06. The minimum absolute atomic E-state index is 0.0834. The number of aryl methyl sites for hydroxylation is 2. The largest absolute Gasteiger partial charge is 0.430 e. The van der Waals surface area contributed by atoms with Gasteiger partial charge in [0.05, 0.1) is 5.41 Å². The van der Waals surface area contributed by atoms with Crippen molar-refractivity contribution >= 4 is 27.8 Å². The van der Waals surface area contributed by atoms with Gasteiger partial charge in [0.1, 0.15) is 0 Å². The minimum atomic E-state index is -6.04. The molecule has 37 heavy (non-hydrogen) atoms. The average Bonchev–Trinajstić information content (AvgIpc) is 3.45. The predicted molar refractivity (Wildman–Crippen MR) is 123 cm³/mol. The highest BCUT2D eigenvalue weighted by molar-refractivity contribution is 7.93. The van der Waals surface area contributed by atoms with Gasteiger partial charge in [-0.15, -0.1) is 0 Å². The van der Waals surface area contributed by atoms with Crippen LogP contribution < -0.4 is 10.0 Å². The molecule has 4 rings (SSSR count). The lowest BCUT2D eigenvalue weighted by Crippen LogP contribution is -2.53. The maximum absolute atomic E-state index is 13.0. The SMILES string of the molecule is O=C(Nc1c2c(cc3c1CCC3)CCC2)NS(=O)(=O)/C=C/c1ccc(C(O)(C(F)(F)F)C(F)(F)F)cc1.